The van der Waals surface area contributed by atoms with E-state index < -0.39 is 0 Å². The first-order valence-corrected chi connectivity index (χ1v) is 7.91. The van der Waals surface area contributed by atoms with E-state index in [0.717, 1.165) is 18.4 Å². The van der Waals surface area contributed by atoms with E-state index in [0.29, 0.717) is 18.7 Å². The summed E-state index contributed by atoms with van der Waals surface area (Å²) in [5.41, 5.74) is 0. The maximum absolute atomic E-state index is 9.03. The molecule has 1 aliphatic carbocycles. The van der Waals surface area contributed by atoms with E-state index in [9.17, 15) is 0 Å². The molecule has 2 rings (SSSR count). The highest BCUT2D eigenvalue weighted by atomic mass is 16.3. The SMILES string of the molecule is CC(CCO)NC1CCCCC1C1CCCCN1. The normalized spacial score (nSPS) is 35.3. The van der Waals surface area contributed by atoms with Gasteiger partial charge in [-0.2, -0.15) is 0 Å². The Kier molecular flexibility index (Phi) is 5.93. The fourth-order valence-electron chi connectivity index (χ4n) is 3.73. The third kappa shape index (κ3) is 3.94. The van der Waals surface area contributed by atoms with E-state index in [4.69, 9.17) is 5.11 Å². The summed E-state index contributed by atoms with van der Waals surface area (Å²) in [7, 11) is 0. The first kappa shape index (κ1) is 14.3. The topological polar surface area (TPSA) is 44.3 Å². The highest BCUT2D eigenvalue weighted by Gasteiger charge is 2.32. The molecule has 4 atom stereocenters. The molecule has 0 radical (unpaired) electrons. The van der Waals surface area contributed by atoms with E-state index in [1.807, 2.05) is 0 Å². The fourth-order valence-corrected chi connectivity index (χ4v) is 3.73. The summed E-state index contributed by atoms with van der Waals surface area (Å²) < 4.78 is 0. The summed E-state index contributed by atoms with van der Waals surface area (Å²) in [5, 5.41) is 16.5. The van der Waals surface area contributed by atoms with Crippen molar-refractivity contribution in [2.24, 2.45) is 5.92 Å². The summed E-state index contributed by atoms with van der Waals surface area (Å²) in [6.07, 6.45) is 10.4. The van der Waals surface area contributed by atoms with Crippen molar-refractivity contribution in [1.82, 2.24) is 10.6 Å². The number of nitrogens with one attached hydrogen (secondary N) is 2. The lowest BCUT2D eigenvalue weighted by molar-refractivity contribution is 0.166. The molecule has 3 heteroatoms. The monoisotopic (exact) mass is 254 g/mol. The first-order chi connectivity index (χ1) is 8.81. The van der Waals surface area contributed by atoms with Crippen LogP contribution in [0.15, 0.2) is 0 Å². The number of aliphatic hydroxyl groups is 1. The van der Waals surface area contributed by atoms with Crippen LogP contribution < -0.4 is 10.6 Å². The molecule has 3 nitrogen and oxygen atoms in total. The second-order valence-electron chi connectivity index (χ2n) is 6.19. The predicted octanol–water partition coefficient (Wildman–Crippen LogP) is 2.05. The lowest BCUT2D eigenvalue weighted by Gasteiger charge is -2.41. The van der Waals surface area contributed by atoms with Crippen LogP contribution in [0.25, 0.3) is 0 Å². The van der Waals surface area contributed by atoms with Gasteiger partial charge in [0.1, 0.15) is 0 Å². The molecule has 0 bridgehead atoms. The Labute approximate surface area is 112 Å². The second kappa shape index (κ2) is 7.46. The van der Waals surface area contributed by atoms with Gasteiger partial charge in [-0.15, -0.1) is 0 Å². The molecule has 4 unspecified atom stereocenters. The largest absolute Gasteiger partial charge is 0.396 e. The van der Waals surface area contributed by atoms with Gasteiger partial charge in [-0.1, -0.05) is 19.3 Å². The molecule has 3 N–H and O–H groups in total. The Morgan fingerprint density at radius 3 is 2.67 bits per heavy atom. The van der Waals surface area contributed by atoms with Gasteiger partial charge in [0.05, 0.1) is 0 Å². The molecule has 0 spiro atoms. The van der Waals surface area contributed by atoms with Crippen LogP contribution in [-0.2, 0) is 0 Å². The number of hydrogen-bond acceptors (Lipinski definition) is 3. The Morgan fingerprint density at radius 2 is 1.94 bits per heavy atom. The lowest BCUT2D eigenvalue weighted by Crippen LogP contribution is -2.52. The van der Waals surface area contributed by atoms with Gasteiger partial charge in [-0.25, -0.2) is 0 Å². The zero-order valence-corrected chi connectivity index (χ0v) is 11.8. The van der Waals surface area contributed by atoms with E-state index in [2.05, 4.69) is 17.6 Å². The molecule has 1 aliphatic heterocycles. The Bertz CT molecular complexity index is 229. The predicted molar refractivity (Wildman–Crippen MR) is 75.7 cm³/mol. The van der Waals surface area contributed by atoms with Crippen LogP contribution in [0.1, 0.15) is 58.3 Å². The van der Waals surface area contributed by atoms with Gasteiger partial charge in [-0.05, 0) is 51.5 Å². The van der Waals surface area contributed by atoms with Crippen LogP contribution in [0.5, 0.6) is 0 Å². The Balaban J connectivity index is 1.88. The summed E-state index contributed by atoms with van der Waals surface area (Å²) >= 11 is 0. The highest BCUT2D eigenvalue weighted by molar-refractivity contribution is 4.91. The minimum atomic E-state index is 0.299. The van der Waals surface area contributed by atoms with Crippen molar-refractivity contribution >= 4 is 0 Å². The maximum Gasteiger partial charge on any atom is 0.0445 e. The minimum Gasteiger partial charge on any atom is -0.396 e. The van der Waals surface area contributed by atoms with Crippen molar-refractivity contribution in [1.29, 1.82) is 0 Å². The standard InChI is InChI=1S/C15H30N2O/c1-12(9-11-18)17-15-8-3-2-6-13(15)14-7-4-5-10-16-14/h12-18H,2-11H2,1H3. The van der Waals surface area contributed by atoms with E-state index in [1.54, 1.807) is 0 Å². The van der Waals surface area contributed by atoms with Crippen LogP contribution >= 0.6 is 0 Å². The van der Waals surface area contributed by atoms with Crippen molar-refractivity contribution < 1.29 is 5.11 Å². The quantitative estimate of drug-likeness (QED) is 0.703. The Hall–Kier alpha value is -0.120. The summed E-state index contributed by atoms with van der Waals surface area (Å²) in [5.74, 6) is 0.806. The molecule has 1 saturated carbocycles. The van der Waals surface area contributed by atoms with Gasteiger partial charge in [0, 0.05) is 24.7 Å². The van der Waals surface area contributed by atoms with Gasteiger partial charge >= 0.3 is 0 Å². The van der Waals surface area contributed by atoms with Crippen molar-refractivity contribution in [3.63, 3.8) is 0 Å². The van der Waals surface area contributed by atoms with E-state index in [1.165, 1.54) is 51.5 Å². The van der Waals surface area contributed by atoms with Crippen molar-refractivity contribution in [2.45, 2.75) is 76.4 Å². The molecule has 1 heterocycles. The van der Waals surface area contributed by atoms with Crippen LogP contribution in [0, 0.1) is 5.92 Å². The molecule has 1 saturated heterocycles. The van der Waals surface area contributed by atoms with Gasteiger partial charge in [0.15, 0.2) is 0 Å². The molecule has 18 heavy (non-hydrogen) atoms. The summed E-state index contributed by atoms with van der Waals surface area (Å²) in [6, 6.07) is 1.85. The number of rotatable bonds is 5. The fraction of sp³-hybridized carbons (Fsp3) is 1.00. The van der Waals surface area contributed by atoms with Gasteiger partial charge in [0.2, 0.25) is 0 Å². The summed E-state index contributed by atoms with van der Waals surface area (Å²) in [4.78, 5) is 0. The van der Waals surface area contributed by atoms with Gasteiger partial charge in [-0.3, -0.25) is 0 Å². The molecule has 106 valence electrons. The van der Waals surface area contributed by atoms with Crippen LogP contribution in [0.4, 0.5) is 0 Å². The third-order valence-electron chi connectivity index (χ3n) is 4.75. The van der Waals surface area contributed by atoms with Crippen molar-refractivity contribution in [3.8, 4) is 0 Å². The zero-order chi connectivity index (χ0) is 12.8. The second-order valence-corrected chi connectivity index (χ2v) is 6.19. The van der Waals surface area contributed by atoms with Crippen LogP contribution in [0.2, 0.25) is 0 Å². The molecule has 0 aromatic rings. The molecular formula is C15H30N2O. The van der Waals surface area contributed by atoms with E-state index >= 15 is 0 Å². The molecular weight excluding hydrogens is 224 g/mol. The summed E-state index contributed by atoms with van der Waals surface area (Å²) in [6.45, 7) is 3.71. The molecule has 0 aromatic heterocycles. The van der Waals surface area contributed by atoms with Gasteiger partial charge < -0.3 is 15.7 Å². The van der Waals surface area contributed by atoms with Crippen LogP contribution in [-0.4, -0.2) is 36.4 Å². The molecule has 2 aliphatic rings. The Morgan fingerprint density at radius 1 is 1.17 bits per heavy atom. The average Bonchev–Trinajstić information content (AvgIpc) is 2.40. The third-order valence-corrected chi connectivity index (χ3v) is 4.75. The smallest absolute Gasteiger partial charge is 0.0445 e. The highest BCUT2D eigenvalue weighted by Crippen LogP contribution is 2.30. The van der Waals surface area contributed by atoms with Crippen molar-refractivity contribution in [2.75, 3.05) is 13.2 Å². The number of hydrogen-bond donors (Lipinski definition) is 3. The average molecular weight is 254 g/mol. The van der Waals surface area contributed by atoms with Crippen LogP contribution in [0.3, 0.4) is 0 Å². The lowest BCUT2D eigenvalue weighted by atomic mass is 9.77. The van der Waals surface area contributed by atoms with Gasteiger partial charge in [0.25, 0.3) is 0 Å². The number of aliphatic hydroxyl groups excluding tert-OH is 1. The number of piperidine rings is 1. The first-order valence-electron chi connectivity index (χ1n) is 7.91. The zero-order valence-electron chi connectivity index (χ0n) is 11.8. The van der Waals surface area contributed by atoms with E-state index in [-0.39, 0.29) is 0 Å². The van der Waals surface area contributed by atoms with Crippen molar-refractivity contribution in [3.05, 3.63) is 0 Å². The molecule has 0 aromatic carbocycles. The molecule has 2 fully saturated rings. The molecule has 0 amide bonds. The maximum atomic E-state index is 9.03. The minimum absolute atomic E-state index is 0.299.